The third kappa shape index (κ3) is 3.00. The molecule has 0 amide bonds. The maximum atomic E-state index is 12.5. The topological polar surface area (TPSA) is 52.6 Å². The van der Waals surface area contributed by atoms with Crippen molar-refractivity contribution in [3.05, 3.63) is 71.3 Å². The number of fused-ring (bicyclic) bond motifs is 6. The summed E-state index contributed by atoms with van der Waals surface area (Å²) in [6.45, 7) is 12.8. The lowest BCUT2D eigenvalue weighted by atomic mass is 9.88. The molecule has 0 heterocycles. The zero-order valence-electron chi connectivity index (χ0n) is 17.0. The molecule has 0 aliphatic heterocycles. The second kappa shape index (κ2) is 7.03. The second-order valence-corrected chi connectivity index (χ2v) is 7.85. The number of carbonyl (C=O) groups excluding carboxylic acids is 2. The standard InChI is InChI=1S/C25H24O4/c1-6-15-8-7-9-18-19(15)23(29-25(27)14(4)5)21-17-11-10-16(12-17)20(21)22(18)28-24(26)13(2)3/h7-11,16-17H,2,4,6,12H2,1,3,5H3. The van der Waals surface area contributed by atoms with Gasteiger partial charge >= 0.3 is 11.9 Å². The third-order valence-electron chi connectivity index (χ3n) is 5.69. The average molecular weight is 388 g/mol. The predicted molar refractivity (Wildman–Crippen MR) is 113 cm³/mol. The van der Waals surface area contributed by atoms with Crippen LogP contribution in [0.15, 0.2) is 54.7 Å². The molecule has 4 rings (SSSR count). The molecular weight excluding hydrogens is 364 g/mol. The summed E-state index contributed by atoms with van der Waals surface area (Å²) >= 11 is 0. The summed E-state index contributed by atoms with van der Waals surface area (Å²) in [4.78, 5) is 24.9. The minimum absolute atomic E-state index is 0.138. The van der Waals surface area contributed by atoms with Crippen LogP contribution >= 0.6 is 0 Å². The zero-order valence-corrected chi connectivity index (χ0v) is 17.0. The van der Waals surface area contributed by atoms with Crippen molar-refractivity contribution in [1.82, 2.24) is 0 Å². The Kier molecular flexibility index (Phi) is 4.65. The van der Waals surface area contributed by atoms with Gasteiger partial charge in [-0.15, -0.1) is 0 Å². The zero-order chi connectivity index (χ0) is 20.9. The van der Waals surface area contributed by atoms with Crippen LogP contribution in [-0.4, -0.2) is 11.9 Å². The number of esters is 2. The lowest BCUT2D eigenvalue weighted by Crippen LogP contribution is -2.15. The van der Waals surface area contributed by atoms with E-state index in [9.17, 15) is 9.59 Å². The Morgan fingerprint density at radius 3 is 2.07 bits per heavy atom. The Bertz CT molecular complexity index is 1120. The molecule has 2 atom stereocenters. The van der Waals surface area contributed by atoms with E-state index in [-0.39, 0.29) is 11.8 Å². The third-order valence-corrected chi connectivity index (χ3v) is 5.69. The number of hydrogen-bond donors (Lipinski definition) is 0. The Balaban J connectivity index is 2.06. The lowest BCUT2D eigenvalue weighted by Gasteiger charge is -2.23. The number of carbonyl (C=O) groups is 2. The molecule has 148 valence electrons. The van der Waals surface area contributed by atoms with Crippen LogP contribution < -0.4 is 9.47 Å². The van der Waals surface area contributed by atoms with Gasteiger partial charge in [0.05, 0.1) is 0 Å². The minimum atomic E-state index is -0.450. The van der Waals surface area contributed by atoms with E-state index in [0.29, 0.717) is 22.6 Å². The Morgan fingerprint density at radius 2 is 1.52 bits per heavy atom. The van der Waals surface area contributed by atoms with E-state index in [1.807, 2.05) is 18.2 Å². The monoisotopic (exact) mass is 388 g/mol. The van der Waals surface area contributed by atoms with Crippen molar-refractivity contribution in [2.45, 2.75) is 45.4 Å². The van der Waals surface area contributed by atoms with Crippen molar-refractivity contribution < 1.29 is 19.1 Å². The van der Waals surface area contributed by atoms with E-state index in [4.69, 9.17) is 9.47 Å². The highest BCUT2D eigenvalue weighted by atomic mass is 16.5. The quantitative estimate of drug-likeness (QED) is 0.293. The van der Waals surface area contributed by atoms with Gasteiger partial charge in [0.25, 0.3) is 0 Å². The van der Waals surface area contributed by atoms with Crippen LogP contribution in [0.1, 0.15) is 55.7 Å². The molecule has 2 aliphatic carbocycles. The number of benzene rings is 2. The van der Waals surface area contributed by atoms with Gasteiger partial charge in [-0.2, -0.15) is 0 Å². The van der Waals surface area contributed by atoms with Crippen molar-refractivity contribution >= 4 is 22.7 Å². The lowest BCUT2D eigenvalue weighted by molar-refractivity contribution is -0.131. The molecule has 0 N–H and O–H groups in total. The van der Waals surface area contributed by atoms with Gasteiger partial charge in [-0.25, -0.2) is 9.59 Å². The fraction of sp³-hybridized carbons (Fsp3) is 0.280. The van der Waals surface area contributed by atoms with Crippen LogP contribution in [-0.2, 0) is 16.0 Å². The van der Waals surface area contributed by atoms with E-state index in [1.54, 1.807) is 13.8 Å². The summed E-state index contributed by atoms with van der Waals surface area (Å²) in [7, 11) is 0. The first-order valence-electron chi connectivity index (χ1n) is 9.88. The van der Waals surface area contributed by atoms with Crippen molar-refractivity contribution in [2.24, 2.45) is 0 Å². The molecular formula is C25H24O4. The smallest absolute Gasteiger partial charge is 0.338 e. The van der Waals surface area contributed by atoms with E-state index < -0.39 is 11.9 Å². The summed E-state index contributed by atoms with van der Waals surface area (Å²) in [5, 5.41) is 1.61. The fourth-order valence-electron chi connectivity index (χ4n) is 4.32. The molecule has 0 radical (unpaired) electrons. The average Bonchev–Trinajstić information content (AvgIpc) is 3.31. The highest BCUT2D eigenvalue weighted by molar-refractivity contribution is 6.03. The van der Waals surface area contributed by atoms with Crippen LogP contribution in [0.3, 0.4) is 0 Å². The van der Waals surface area contributed by atoms with Crippen molar-refractivity contribution in [3.8, 4) is 11.5 Å². The first-order chi connectivity index (χ1) is 13.8. The molecule has 0 saturated carbocycles. The number of allylic oxidation sites excluding steroid dienone is 2. The van der Waals surface area contributed by atoms with E-state index in [0.717, 1.165) is 40.3 Å². The highest BCUT2D eigenvalue weighted by Crippen LogP contribution is 2.58. The molecule has 29 heavy (non-hydrogen) atoms. The summed E-state index contributed by atoms with van der Waals surface area (Å²) in [6.07, 6.45) is 5.94. The molecule has 4 nitrogen and oxygen atoms in total. The van der Waals surface area contributed by atoms with Gasteiger partial charge < -0.3 is 9.47 Å². The second-order valence-electron chi connectivity index (χ2n) is 7.85. The number of aryl methyl sites for hydroxylation is 1. The molecule has 2 aromatic rings. The van der Waals surface area contributed by atoms with E-state index in [1.165, 1.54) is 0 Å². The van der Waals surface area contributed by atoms with Gasteiger partial charge in [-0.05, 0) is 32.3 Å². The van der Waals surface area contributed by atoms with Gasteiger partial charge in [-0.3, -0.25) is 0 Å². The molecule has 2 aliphatic rings. The molecule has 0 fully saturated rings. The number of ether oxygens (including phenoxy) is 2. The highest BCUT2D eigenvalue weighted by Gasteiger charge is 2.41. The normalized spacial score (nSPS) is 18.6. The molecule has 0 saturated heterocycles. The Morgan fingerprint density at radius 1 is 0.966 bits per heavy atom. The van der Waals surface area contributed by atoms with E-state index in [2.05, 4.69) is 32.2 Å². The van der Waals surface area contributed by atoms with Gasteiger partial charge in [0.2, 0.25) is 0 Å². The maximum absolute atomic E-state index is 12.5. The van der Waals surface area contributed by atoms with Crippen LogP contribution in [0, 0.1) is 0 Å². The molecule has 2 bridgehead atoms. The van der Waals surface area contributed by atoms with Gasteiger partial charge in [0.15, 0.2) is 0 Å². The van der Waals surface area contributed by atoms with Crippen molar-refractivity contribution in [1.29, 1.82) is 0 Å². The molecule has 4 heteroatoms. The molecule has 2 unspecified atom stereocenters. The maximum Gasteiger partial charge on any atom is 0.338 e. The molecule has 0 aromatic heterocycles. The van der Waals surface area contributed by atoms with E-state index >= 15 is 0 Å². The SMILES string of the molecule is C=C(C)C(=O)Oc1c2c(c(OC(=O)C(=C)C)c3c(CC)cccc13)C1C=CC2C1. The van der Waals surface area contributed by atoms with Crippen LogP contribution in [0.2, 0.25) is 0 Å². The molecule has 0 spiro atoms. The summed E-state index contributed by atoms with van der Waals surface area (Å²) < 4.78 is 11.8. The van der Waals surface area contributed by atoms with Gasteiger partial charge in [0, 0.05) is 44.9 Å². The fourth-order valence-corrected chi connectivity index (χ4v) is 4.32. The Labute approximate surface area is 170 Å². The van der Waals surface area contributed by atoms with Crippen molar-refractivity contribution in [2.75, 3.05) is 0 Å². The minimum Gasteiger partial charge on any atom is -0.422 e. The largest absolute Gasteiger partial charge is 0.422 e. The summed E-state index contributed by atoms with van der Waals surface area (Å²) in [5.74, 6) is 0.517. The number of hydrogen-bond acceptors (Lipinski definition) is 4. The first-order valence-corrected chi connectivity index (χ1v) is 9.88. The van der Waals surface area contributed by atoms with Crippen LogP contribution in [0.5, 0.6) is 11.5 Å². The van der Waals surface area contributed by atoms with Crippen molar-refractivity contribution in [3.63, 3.8) is 0 Å². The van der Waals surface area contributed by atoms with Crippen LogP contribution in [0.25, 0.3) is 10.8 Å². The first kappa shape index (κ1) is 19.2. The summed E-state index contributed by atoms with van der Waals surface area (Å²) in [6, 6.07) is 5.88. The van der Waals surface area contributed by atoms with Gasteiger partial charge in [-0.1, -0.05) is 50.4 Å². The van der Waals surface area contributed by atoms with Crippen LogP contribution in [0.4, 0.5) is 0 Å². The molecule has 2 aromatic carbocycles. The summed E-state index contributed by atoms with van der Waals surface area (Å²) in [5.41, 5.74) is 3.61. The number of rotatable bonds is 5. The van der Waals surface area contributed by atoms with Gasteiger partial charge in [0.1, 0.15) is 11.5 Å². The predicted octanol–water partition coefficient (Wildman–Crippen LogP) is 5.51. The Hall–Kier alpha value is -3.14.